The third-order valence-electron chi connectivity index (χ3n) is 7.27. The average Bonchev–Trinajstić information content (AvgIpc) is 3.63. The molecule has 1 aliphatic carbocycles. The highest BCUT2D eigenvalue weighted by Crippen LogP contribution is 2.50. The van der Waals surface area contributed by atoms with Crippen LogP contribution in [0.25, 0.3) is 16.7 Å². The molecule has 0 radical (unpaired) electrons. The fraction of sp³-hybridized carbons (Fsp3) is 0.296. The smallest absolute Gasteiger partial charge is 0.335 e. The SMILES string of the molecule is O=C(O)c1cccc(C2(n3c(=O)n(-c4ccc(C5CCOCC5)nc4)c4cc(Cl)ccc43)CC2)c1. The van der Waals surface area contributed by atoms with Crippen molar-refractivity contribution in [3.8, 4) is 5.69 Å². The van der Waals surface area contributed by atoms with E-state index in [2.05, 4.69) is 0 Å². The van der Waals surface area contributed by atoms with Crippen LogP contribution in [0, 0.1) is 0 Å². The molecule has 2 aliphatic rings. The van der Waals surface area contributed by atoms with Crippen LogP contribution in [0.5, 0.6) is 0 Å². The molecule has 3 heterocycles. The molecule has 0 amide bonds. The van der Waals surface area contributed by atoms with Crippen molar-refractivity contribution in [2.24, 2.45) is 0 Å². The summed E-state index contributed by atoms with van der Waals surface area (Å²) >= 11 is 6.35. The van der Waals surface area contributed by atoms with E-state index in [0.29, 0.717) is 22.1 Å². The van der Waals surface area contributed by atoms with E-state index in [-0.39, 0.29) is 11.3 Å². The average molecular weight is 490 g/mol. The van der Waals surface area contributed by atoms with Gasteiger partial charge in [-0.3, -0.25) is 14.1 Å². The summed E-state index contributed by atoms with van der Waals surface area (Å²) in [5.74, 6) is -0.624. The zero-order valence-electron chi connectivity index (χ0n) is 19.0. The Balaban J connectivity index is 1.50. The number of rotatable bonds is 5. The number of halogens is 1. The third-order valence-corrected chi connectivity index (χ3v) is 7.50. The van der Waals surface area contributed by atoms with Crippen LogP contribution in [0.3, 0.4) is 0 Å². The van der Waals surface area contributed by atoms with E-state index in [1.165, 1.54) is 0 Å². The number of carboxylic acid groups (broad SMARTS) is 1. The summed E-state index contributed by atoms with van der Waals surface area (Å²) in [5.41, 5.74) is 3.39. The molecule has 0 spiro atoms. The Kier molecular flexibility index (Phi) is 5.27. The molecule has 1 N–H and O–H groups in total. The number of aromatic nitrogens is 3. The third kappa shape index (κ3) is 3.66. The highest BCUT2D eigenvalue weighted by atomic mass is 35.5. The standard InChI is InChI=1S/C27H24ClN3O4/c28-20-4-7-23-24(15-20)30(21-5-6-22(29-16-21)17-8-12-35-13-9-17)26(34)31(23)27(10-11-27)19-3-1-2-18(14-19)25(32)33/h1-7,14-17H,8-13H2,(H,32,33). The predicted octanol–water partition coefficient (Wildman–Crippen LogP) is 4.97. The molecule has 4 aromatic rings. The Hall–Kier alpha value is -3.42. The van der Waals surface area contributed by atoms with Crippen LogP contribution in [0.4, 0.5) is 0 Å². The van der Waals surface area contributed by atoms with Crippen molar-refractivity contribution in [1.29, 1.82) is 0 Å². The second-order valence-corrected chi connectivity index (χ2v) is 9.77. The second-order valence-electron chi connectivity index (χ2n) is 9.33. The minimum atomic E-state index is -0.986. The first-order valence-electron chi connectivity index (χ1n) is 11.8. The van der Waals surface area contributed by atoms with E-state index >= 15 is 0 Å². The van der Waals surface area contributed by atoms with E-state index < -0.39 is 11.5 Å². The fourth-order valence-electron chi connectivity index (χ4n) is 5.30. The molecule has 6 rings (SSSR count). The van der Waals surface area contributed by atoms with Gasteiger partial charge in [0, 0.05) is 29.8 Å². The van der Waals surface area contributed by atoms with Gasteiger partial charge in [0.15, 0.2) is 0 Å². The Bertz CT molecular complexity index is 1500. The zero-order chi connectivity index (χ0) is 24.2. The maximum absolute atomic E-state index is 14.0. The van der Waals surface area contributed by atoms with Crippen LogP contribution in [-0.4, -0.2) is 38.4 Å². The lowest BCUT2D eigenvalue weighted by molar-refractivity contribution is 0.0696. The molecule has 2 aromatic heterocycles. The quantitative estimate of drug-likeness (QED) is 0.427. The van der Waals surface area contributed by atoms with Crippen LogP contribution in [0.1, 0.15) is 53.2 Å². The van der Waals surface area contributed by atoms with E-state index in [1.807, 2.05) is 24.3 Å². The van der Waals surface area contributed by atoms with Crippen LogP contribution in [0.15, 0.2) is 65.6 Å². The minimum Gasteiger partial charge on any atom is -0.478 e. The maximum Gasteiger partial charge on any atom is 0.335 e. The summed E-state index contributed by atoms with van der Waals surface area (Å²) in [5, 5.41) is 10.0. The molecule has 1 saturated carbocycles. The molecule has 0 unspecified atom stereocenters. The second kappa shape index (κ2) is 8.36. The number of nitrogens with zero attached hydrogens (tertiary/aromatic N) is 3. The number of hydrogen-bond acceptors (Lipinski definition) is 4. The van der Waals surface area contributed by atoms with Crippen LogP contribution >= 0.6 is 11.6 Å². The van der Waals surface area contributed by atoms with Gasteiger partial charge in [-0.1, -0.05) is 23.7 Å². The Labute approximate surface area is 206 Å². The van der Waals surface area contributed by atoms with Gasteiger partial charge in [0.25, 0.3) is 0 Å². The monoisotopic (exact) mass is 489 g/mol. The van der Waals surface area contributed by atoms with Gasteiger partial charge >= 0.3 is 11.7 Å². The molecule has 7 nitrogen and oxygen atoms in total. The summed E-state index contributed by atoms with van der Waals surface area (Å²) in [6.07, 6.45) is 5.14. The van der Waals surface area contributed by atoms with Crippen molar-refractivity contribution in [2.45, 2.75) is 37.1 Å². The number of carboxylic acids is 1. The number of aromatic carboxylic acids is 1. The van der Waals surface area contributed by atoms with Gasteiger partial charge in [-0.25, -0.2) is 9.59 Å². The van der Waals surface area contributed by atoms with Gasteiger partial charge in [-0.2, -0.15) is 0 Å². The van der Waals surface area contributed by atoms with Gasteiger partial charge in [0.05, 0.1) is 34.0 Å². The first-order valence-corrected chi connectivity index (χ1v) is 12.2. The van der Waals surface area contributed by atoms with Crippen molar-refractivity contribution >= 4 is 28.6 Å². The lowest BCUT2D eigenvalue weighted by atomic mass is 9.96. The number of benzene rings is 2. The lowest BCUT2D eigenvalue weighted by Gasteiger charge is -2.21. The van der Waals surface area contributed by atoms with Crippen molar-refractivity contribution in [1.82, 2.24) is 14.1 Å². The maximum atomic E-state index is 14.0. The molecule has 2 fully saturated rings. The molecule has 8 heteroatoms. The minimum absolute atomic E-state index is 0.193. The molecular weight excluding hydrogens is 466 g/mol. The van der Waals surface area contributed by atoms with Crippen molar-refractivity contribution in [3.63, 3.8) is 0 Å². The first-order chi connectivity index (χ1) is 17.0. The molecule has 1 saturated heterocycles. The number of pyridine rings is 1. The van der Waals surface area contributed by atoms with Gasteiger partial charge < -0.3 is 9.84 Å². The van der Waals surface area contributed by atoms with Crippen molar-refractivity contribution in [3.05, 3.63) is 93.1 Å². The summed E-state index contributed by atoms with van der Waals surface area (Å²) < 4.78 is 8.92. The summed E-state index contributed by atoms with van der Waals surface area (Å²) in [6.45, 7) is 1.48. The molecule has 35 heavy (non-hydrogen) atoms. The van der Waals surface area contributed by atoms with Gasteiger partial charge in [0.1, 0.15) is 0 Å². The molecule has 2 aromatic carbocycles. The summed E-state index contributed by atoms with van der Waals surface area (Å²) in [7, 11) is 0. The highest BCUT2D eigenvalue weighted by molar-refractivity contribution is 6.31. The number of hydrogen-bond donors (Lipinski definition) is 1. The van der Waals surface area contributed by atoms with Gasteiger partial charge in [-0.05, 0) is 73.7 Å². The topological polar surface area (TPSA) is 86.3 Å². The normalized spacial score (nSPS) is 17.5. The van der Waals surface area contributed by atoms with E-state index in [9.17, 15) is 14.7 Å². The number of fused-ring (bicyclic) bond motifs is 1. The predicted molar refractivity (Wildman–Crippen MR) is 133 cm³/mol. The molecular formula is C27H24ClN3O4. The lowest BCUT2D eigenvalue weighted by Crippen LogP contribution is -2.32. The molecule has 0 atom stereocenters. The van der Waals surface area contributed by atoms with Gasteiger partial charge in [0.2, 0.25) is 0 Å². The number of ether oxygens (including phenoxy) is 1. The first kappa shape index (κ1) is 22.1. The molecule has 178 valence electrons. The Morgan fingerprint density at radius 3 is 2.54 bits per heavy atom. The van der Waals surface area contributed by atoms with Crippen molar-refractivity contribution in [2.75, 3.05) is 13.2 Å². The summed E-state index contributed by atoms with van der Waals surface area (Å²) in [6, 6.07) is 16.2. The van der Waals surface area contributed by atoms with Crippen LogP contribution < -0.4 is 5.69 Å². The van der Waals surface area contributed by atoms with Gasteiger partial charge in [-0.15, -0.1) is 0 Å². The van der Waals surface area contributed by atoms with Crippen LogP contribution in [0.2, 0.25) is 5.02 Å². The number of imidazole rings is 1. The highest BCUT2D eigenvalue weighted by Gasteiger charge is 2.49. The van der Waals surface area contributed by atoms with E-state index in [0.717, 1.165) is 55.7 Å². The van der Waals surface area contributed by atoms with Crippen LogP contribution in [-0.2, 0) is 10.3 Å². The largest absolute Gasteiger partial charge is 0.478 e. The Morgan fingerprint density at radius 2 is 1.86 bits per heavy atom. The van der Waals surface area contributed by atoms with E-state index in [1.54, 1.807) is 45.7 Å². The summed E-state index contributed by atoms with van der Waals surface area (Å²) in [4.78, 5) is 30.3. The van der Waals surface area contributed by atoms with Crippen molar-refractivity contribution < 1.29 is 14.6 Å². The fourth-order valence-corrected chi connectivity index (χ4v) is 5.47. The molecule has 0 bridgehead atoms. The zero-order valence-corrected chi connectivity index (χ0v) is 19.7. The molecule has 1 aliphatic heterocycles. The number of carbonyl (C=O) groups is 1. The van der Waals surface area contributed by atoms with E-state index in [4.69, 9.17) is 21.3 Å². The Morgan fingerprint density at radius 1 is 1.06 bits per heavy atom.